The van der Waals surface area contributed by atoms with E-state index in [0.29, 0.717) is 22.9 Å². The summed E-state index contributed by atoms with van der Waals surface area (Å²) in [6.45, 7) is 6.27. The molecule has 0 radical (unpaired) electrons. The van der Waals surface area contributed by atoms with Crippen molar-refractivity contribution in [1.29, 1.82) is 0 Å². The third-order valence-electron chi connectivity index (χ3n) is 5.27. The fraction of sp³-hybridized carbons (Fsp3) is 0.250. The van der Waals surface area contributed by atoms with Crippen molar-refractivity contribution in [3.63, 3.8) is 0 Å². The zero-order chi connectivity index (χ0) is 26.3. The first kappa shape index (κ1) is 26.3. The highest BCUT2D eigenvalue weighted by Crippen LogP contribution is 2.27. The number of carbonyl (C=O) groups excluding carboxylic acids is 3. The molecule has 0 unspecified atom stereocenters. The van der Waals surface area contributed by atoms with Gasteiger partial charge in [0.1, 0.15) is 17.2 Å². The van der Waals surface area contributed by atoms with Crippen LogP contribution < -0.4 is 14.8 Å². The average Bonchev–Trinajstić information content (AvgIpc) is 2.87. The predicted molar refractivity (Wildman–Crippen MR) is 135 cm³/mol. The van der Waals surface area contributed by atoms with Crippen LogP contribution in [-0.2, 0) is 19.7 Å². The van der Waals surface area contributed by atoms with Crippen LogP contribution in [0.4, 0.5) is 5.69 Å². The van der Waals surface area contributed by atoms with Gasteiger partial charge < -0.3 is 24.3 Å². The van der Waals surface area contributed by atoms with Gasteiger partial charge in [-0.3, -0.25) is 4.79 Å². The summed E-state index contributed by atoms with van der Waals surface area (Å²) in [6.07, 6.45) is 0. The molecule has 8 heteroatoms. The van der Waals surface area contributed by atoms with Crippen LogP contribution in [0.15, 0.2) is 66.7 Å². The lowest BCUT2D eigenvalue weighted by Gasteiger charge is -2.19. The van der Waals surface area contributed by atoms with Gasteiger partial charge in [-0.1, -0.05) is 32.9 Å². The summed E-state index contributed by atoms with van der Waals surface area (Å²) in [6, 6.07) is 18.7. The van der Waals surface area contributed by atoms with Gasteiger partial charge in [-0.25, -0.2) is 9.59 Å². The van der Waals surface area contributed by atoms with Crippen molar-refractivity contribution in [3.05, 3.63) is 83.4 Å². The van der Waals surface area contributed by atoms with Crippen LogP contribution in [0.2, 0.25) is 0 Å². The number of hydrogen-bond donors (Lipinski definition) is 1. The Morgan fingerprint density at radius 1 is 0.722 bits per heavy atom. The number of nitrogens with one attached hydrogen (secondary N) is 1. The Morgan fingerprint density at radius 2 is 1.28 bits per heavy atom. The van der Waals surface area contributed by atoms with Gasteiger partial charge in [0, 0.05) is 5.69 Å². The Kier molecular flexibility index (Phi) is 8.32. The topological polar surface area (TPSA) is 100 Å². The first-order valence-corrected chi connectivity index (χ1v) is 11.2. The maximum atomic E-state index is 12.3. The lowest BCUT2D eigenvalue weighted by Crippen LogP contribution is -2.20. The minimum absolute atomic E-state index is 0.0266. The van der Waals surface area contributed by atoms with E-state index < -0.39 is 11.9 Å². The molecular weight excluding hydrogens is 462 g/mol. The summed E-state index contributed by atoms with van der Waals surface area (Å²) in [5.41, 5.74) is 1.89. The highest BCUT2D eigenvalue weighted by atomic mass is 16.5. The maximum Gasteiger partial charge on any atom is 0.338 e. The molecule has 188 valence electrons. The second-order valence-electron chi connectivity index (χ2n) is 8.93. The van der Waals surface area contributed by atoms with Gasteiger partial charge in [-0.05, 0) is 65.6 Å². The molecule has 0 aliphatic heterocycles. The van der Waals surface area contributed by atoms with E-state index >= 15 is 0 Å². The molecule has 0 fully saturated rings. The van der Waals surface area contributed by atoms with Crippen LogP contribution in [-0.4, -0.2) is 38.7 Å². The first-order valence-electron chi connectivity index (χ1n) is 11.2. The van der Waals surface area contributed by atoms with E-state index in [-0.39, 0.29) is 29.1 Å². The van der Waals surface area contributed by atoms with Crippen LogP contribution >= 0.6 is 0 Å². The highest BCUT2D eigenvalue weighted by Gasteiger charge is 2.19. The van der Waals surface area contributed by atoms with Crippen LogP contribution in [0, 0.1) is 0 Å². The van der Waals surface area contributed by atoms with Crippen molar-refractivity contribution in [3.8, 4) is 17.2 Å². The molecule has 0 atom stereocenters. The van der Waals surface area contributed by atoms with Gasteiger partial charge >= 0.3 is 11.9 Å². The largest absolute Gasteiger partial charge is 0.484 e. The van der Waals surface area contributed by atoms with Crippen LogP contribution in [0.25, 0.3) is 0 Å². The normalized spacial score (nSPS) is 10.8. The van der Waals surface area contributed by atoms with E-state index in [9.17, 15) is 14.4 Å². The minimum Gasteiger partial charge on any atom is -0.484 e. The molecule has 36 heavy (non-hydrogen) atoms. The van der Waals surface area contributed by atoms with Crippen LogP contribution in [0.5, 0.6) is 17.2 Å². The Hall–Kier alpha value is -4.33. The molecule has 0 spiro atoms. The van der Waals surface area contributed by atoms with E-state index in [1.807, 2.05) is 24.3 Å². The molecular formula is C28H29NO7. The number of ether oxygens (including phenoxy) is 4. The molecule has 8 nitrogen and oxygen atoms in total. The first-order chi connectivity index (χ1) is 17.1. The van der Waals surface area contributed by atoms with Crippen molar-refractivity contribution in [2.75, 3.05) is 26.1 Å². The molecule has 0 aliphatic rings. The number of carbonyl (C=O) groups is 3. The summed E-state index contributed by atoms with van der Waals surface area (Å²) >= 11 is 0. The molecule has 0 aliphatic carbocycles. The van der Waals surface area contributed by atoms with Gasteiger partial charge in [0.25, 0.3) is 5.91 Å². The molecule has 0 heterocycles. The number of amides is 1. The van der Waals surface area contributed by atoms with Crippen molar-refractivity contribution < 1.29 is 33.3 Å². The van der Waals surface area contributed by atoms with Crippen LogP contribution in [0.1, 0.15) is 47.1 Å². The van der Waals surface area contributed by atoms with Crippen molar-refractivity contribution in [2.24, 2.45) is 0 Å². The Balaban J connectivity index is 1.59. The average molecular weight is 492 g/mol. The Bertz CT molecular complexity index is 1230. The third-order valence-corrected chi connectivity index (χ3v) is 5.27. The van der Waals surface area contributed by atoms with Gasteiger partial charge in [0.15, 0.2) is 6.61 Å². The van der Waals surface area contributed by atoms with Crippen molar-refractivity contribution in [1.82, 2.24) is 0 Å². The molecule has 0 saturated carbocycles. The van der Waals surface area contributed by atoms with Gasteiger partial charge in [0.05, 0.1) is 25.3 Å². The Labute approximate surface area is 210 Å². The summed E-state index contributed by atoms with van der Waals surface area (Å²) < 4.78 is 20.8. The van der Waals surface area contributed by atoms with Gasteiger partial charge in [-0.15, -0.1) is 0 Å². The summed E-state index contributed by atoms with van der Waals surface area (Å²) in [5, 5.41) is 2.76. The maximum absolute atomic E-state index is 12.3. The van der Waals surface area contributed by atoms with E-state index in [0.717, 1.165) is 0 Å². The van der Waals surface area contributed by atoms with E-state index in [1.165, 1.54) is 31.9 Å². The van der Waals surface area contributed by atoms with E-state index in [1.54, 1.807) is 30.3 Å². The van der Waals surface area contributed by atoms with Crippen LogP contribution in [0.3, 0.4) is 0 Å². The fourth-order valence-electron chi connectivity index (χ4n) is 3.29. The molecule has 3 aromatic carbocycles. The second-order valence-corrected chi connectivity index (χ2v) is 8.93. The zero-order valence-corrected chi connectivity index (χ0v) is 20.9. The lowest BCUT2D eigenvalue weighted by atomic mass is 9.87. The molecule has 1 amide bonds. The lowest BCUT2D eigenvalue weighted by molar-refractivity contribution is -0.118. The van der Waals surface area contributed by atoms with E-state index in [2.05, 4.69) is 26.1 Å². The predicted octanol–water partition coefficient (Wildman–Crippen LogP) is 5.37. The number of rotatable bonds is 8. The number of anilines is 1. The molecule has 3 aromatic rings. The van der Waals surface area contributed by atoms with Gasteiger partial charge in [0.2, 0.25) is 0 Å². The molecule has 0 bridgehead atoms. The number of esters is 2. The highest BCUT2D eigenvalue weighted by molar-refractivity contribution is 6.03. The zero-order valence-electron chi connectivity index (χ0n) is 20.9. The number of methoxy groups -OCH3 is 2. The molecule has 3 rings (SSSR count). The third kappa shape index (κ3) is 6.85. The summed E-state index contributed by atoms with van der Waals surface area (Å²) in [4.78, 5) is 36.3. The SMILES string of the molecule is COC(=O)c1ccc(Oc2ccc(NC(=O)COc3ccc(C(C)(C)C)cc3)cc2)cc1C(=O)OC. The molecule has 0 saturated heterocycles. The minimum atomic E-state index is -0.689. The fourth-order valence-corrected chi connectivity index (χ4v) is 3.29. The van der Waals surface area contributed by atoms with Crippen molar-refractivity contribution >= 4 is 23.5 Å². The smallest absolute Gasteiger partial charge is 0.338 e. The number of benzene rings is 3. The monoisotopic (exact) mass is 491 g/mol. The second kappa shape index (κ2) is 11.4. The quantitative estimate of drug-likeness (QED) is 0.423. The molecule has 0 aromatic heterocycles. The van der Waals surface area contributed by atoms with Crippen molar-refractivity contribution in [2.45, 2.75) is 26.2 Å². The summed E-state index contributed by atoms with van der Waals surface area (Å²) in [7, 11) is 2.45. The summed E-state index contributed by atoms with van der Waals surface area (Å²) in [5.74, 6) is -0.245. The Morgan fingerprint density at radius 3 is 1.86 bits per heavy atom. The standard InChI is InChI=1S/C28H29NO7/c1-28(2,3)18-6-10-20(11-7-18)35-17-25(30)29-19-8-12-21(13-9-19)36-22-14-15-23(26(31)33-4)24(16-22)27(32)34-5/h6-16H,17H2,1-5H3,(H,29,30). The molecule has 1 N–H and O–H groups in total. The number of hydrogen-bond acceptors (Lipinski definition) is 7. The van der Waals surface area contributed by atoms with Gasteiger partial charge in [-0.2, -0.15) is 0 Å². The van der Waals surface area contributed by atoms with E-state index in [4.69, 9.17) is 18.9 Å².